The van der Waals surface area contributed by atoms with Crippen molar-refractivity contribution in [3.8, 4) is 0 Å². The van der Waals surface area contributed by atoms with E-state index >= 15 is 0 Å². The summed E-state index contributed by atoms with van der Waals surface area (Å²) in [6, 6.07) is 5.58. The highest BCUT2D eigenvalue weighted by molar-refractivity contribution is 9.10. The smallest absolute Gasteiger partial charge is 0.410 e. The predicted molar refractivity (Wildman–Crippen MR) is 108 cm³/mol. The van der Waals surface area contributed by atoms with Crippen LogP contribution in [0, 0.1) is 0 Å². The zero-order valence-electron chi connectivity index (χ0n) is 16.9. The van der Waals surface area contributed by atoms with E-state index in [0.29, 0.717) is 19.5 Å². The Balaban J connectivity index is 2.26. The molecule has 1 aromatic carbocycles. The molecular weight excluding hydrogens is 412 g/mol. The highest BCUT2D eigenvalue weighted by Crippen LogP contribution is 2.28. The van der Waals surface area contributed by atoms with Crippen LogP contribution in [-0.2, 0) is 15.9 Å². The van der Waals surface area contributed by atoms with Gasteiger partial charge in [-0.1, -0.05) is 22.0 Å². The third-order valence-corrected chi connectivity index (χ3v) is 4.37. The molecule has 1 unspecified atom stereocenters. The molecule has 1 heterocycles. The van der Waals surface area contributed by atoms with Crippen LogP contribution in [0.2, 0.25) is 0 Å². The Hall–Kier alpha value is -1.76. The van der Waals surface area contributed by atoms with Crippen LogP contribution in [0.15, 0.2) is 22.7 Å². The molecule has 0 fully saturated rings. The summed E-state index contributed by atoms with van der Waals surface area (Å²) in [5, 5.41) is 2.92. The lowest BCUT2D eigenvalue weighted by Gasteiger charge is -2.29. The largest absolute Gasteiger partial charge is 0.444 e. The molecule has 0 aromatic heterocycles. The summed E-state index contributed by atoms with van der Waals surface area (Å²) < 4.78 is 11.8. The number of carbonyl (C=O) groups excluding carboxylic acids is 2. The van der Waals surface area contributed by atoms with Crippen LogP contribution in [0.4, 0.5) is 9.59 Å². The molecule has 150 valence electrons. The van der Waals surface area contributed by atoms with Crippen molar-refractivity contribution < 1.29 is 19.1 Å². The molecule has 6 nitrogen and oxygen atoms in total. The average molecular weight is 441 g/mol. The van der Waals surface area contributed by atoms with Crippen molar-refractivity contribution in [3.05, 3.63) is 33.8 Å². The number of ether oxygens (including phenoxy) is 2. The Morgan fingerprint density at radius 1 is 1.11 bits per heavy atom. The first-order valence-corrected chi connectivity index (χ1v) is 9.89. The maximum Gasteiger partial charge on any atom is 0.410 e. The normalized spacial score (nSPS) is 17.6. The van der Waals surface area contributed by atoms with Crippen LogP contribution in [0.1, 0.15) is 58.7 Å². The monoisotopic (exact) mass is 440 g/mol. The molecule has 0 spiro atoms. The number of amides is 2. The minimum atomic E-state index is -0.597. The van der Waals surface area contributed by atoms with Crippen molar-refractivity contribution in [1.82, 2.24) is 10.2 Å². The van der Waals surface area contributed by atoms with Gasteiger partial charge >= 0.3 is 12.2 Å². The highest BCUT2D eigenvalue weighted by atomic mass is 79.9. The SMILES string of the molecule is CC(C)(C)OC(=O)NC1CN(C(=O)OC(C)(C)C)CCc2ccc(Br)cc21. The van der Waals surface area contributed by atoms with E-state index in [2.05, 4.69) is 21.2 Å². The first-order chi connectivity index (χ1) is 12.3. The van der Waals surface area contributed by atoms with Crippen LogP contribution >= 0.6 is 15.9 Å². The zero-order chi connectivity index (χ0) is 20.4. The molecule has 27 heavy (non-hydrogen) atoms. The molecular formula is C20H29BrN2O4. The Labute approximate surface area is 169 Å². The van der Waals surface area contributed by atoms with Gasteiger partial charge in [0.2, 0.25) is 0 Å². The minimum Gasteiger partial charge on any atom is -0.444 e. The maximum atomic E-state index is 12.6. The molecule has 1 aromatic rings. The van der Waals surface area contributed by atoms with Gasteiger partial charge in [-0.05, 0) is 71.2 Å². The number of nitrogens with one attached hydrogen (secondary N) is 1. The number of nitrogens with zero attached hydrogens (tertiary/aromatic N) is 1. The van der Waals surface area contributed by atoms with Gasteiger partial charge in [-0.15, -0.1) is 0 Å². The van der Waals surface area contributed by atoms with Crippen molar-refractivity contribution in [3.63, 3.8) is 0 Å². The maximum absolute atomic E-state index is 12.6. The molecule has 0 radical (unpaired) electrons. The second-order valence-corrected chi connectivity index (χ2v) is 9.63. The second-order valence-electron chi connectivity index (χ2n) is 8.72. The fraction of sp³-hybridized carbons (Fsp3) is 0.600. The number of alkyl carbamates (subject to hydrolysis) is 1. The predicted octanol–water partition coefficient (Wildman–Crippen LogP) is 4.81. The van der Waals surface area contributed by atoms with Crippen molar-refractivity contribution in [1.29, 1.82) is 0 Å². The summed E-state index contributed by atoms with van der Waals surface area (Å²) in [4.78, 5) is 26.6. The van der Waals surface area contributed by atoms with Gasteiger partial charge < -0.3 is 19.7 Å². The van der Waals surface area contributed by atoms with Gasteiger partial charge in [-0.3, -0.25) is 0 Å². The lowest BCUT2D eigenvalue weighted by molar-refractivity contribution is 0.0221. The van der Waals surface area contributed by atoms with E-state index < -0.39 is 17.3 Å². The molecule has 1 aliphatic heterocycles. The number of rotatable bonds is 1. The highest BCUT2D eigenvalue weighted by Gasteiger charge is 2.31. The topological polar surface area (TPSA) is 67.9 Å². The third kappa shape index (κ3) is 6.72. The van der Waals surface area contributed by atoms with Gasteiger partial charge in [0.15, 0.2) is 0 Å². The Morgan fingerprint density at radius 2 is 1.74 bits per heavy atom. The fourth-order valence-electron chi connectivity index (χ4n) is 2.85. The summed E-state index contributed by atoms with van der Waals surface area (Å²) in [6.45, 7) is 11.8. The van der Waals surface area contributed by atoms with Gasteiger partial charge in [0, 0.05) is 17.6 Å². The number of carbonyl (C=O) groups is 2. The van der Waals surface area contributed by atoms with Gasteiger partial charge in [-0.25, -0.2) is 9.59 Å². The Morgan fingerprint density at radius 3 is 2.33 bits per heavy atom. The molecule has 1 atom stereocenters. The van der Waals surface area contributed by atoms with Gasteiger partial charge in [0.25, 0.3) is 0 Å². The van der Waals surface area contributed by atoms with E-state index in [0.717, 1.165) is 15.6 Å². The third-order valence-electron chi connectivity index (χ3n) is 3.88. The van der Waals surface area contributed by atoms with Crippen molar-refractivity contribution >= 4 is 28.1 Å². The number of halogens is 1. The van der Waals surface area contributed by atoms with Crippen LogP contribution in [0.3, 0.4) is 0 Å². The molecule has 2 amide bonds. The zero-order valence-corrected chi connectivity index (χ0v) is 18.5. The average Bonchev–Trinajstić information content (AvgIpc) is 2.63. The second kappa shape index (κ2) is 8.09. The summed E-state index contributed by atoms with van der Waals surface area (Å²) in [5.74, 6) is 0. The molecule has 0 saturated carbocycles. The lowest BCUT2D eigenvalue weighted by Crippen LogP contribution is -2.43. The van der Waals surface area contributed by atoms with Crippen LogP contribution < -0.4 is 5.32 Å². The van der Waals surface area contributed by atoms with E-state index in [1.807, 2.05) is 59.7 Å². The Kier molecular flexibility index (Phi) is 6.45. The summed E-state index contributed by atoms with van der Waals surface area (Å²) >= 11 is 3.49. The summed E-state index contributed by atoms with van der Waals surface area (Å²) in [6.07, 6.45) is -0.205. The van der Waals surface area contributed by atoms with E-state index in [1.165, 1.54) is 0 Å². The van der Waals surface area contributed by atoms with Gasteiger partial charge in [-0.2, -0.15) is 0 Å². The summed E-state index contributed by atoms with van der Waals surface area (Å²) in [5.41, 5.74) is 0.888. The van der Waals surface area contributed by atoms with E-state index in [-0.39, 0.29) is 12.1 Å². The molecule has 0 aliphatic carbocycles. The molecule has 1 N–H and O–H groups in total. The Bertz CT molecular complexity index is 707. The number of hydrogen-bond donors (Lipinski definition) is 1. The standard InChI is InChI=1S/C20H29BrN2O4/c1-19(2,3)26-17(24)22-16-12-23(18(25)27-20(4,5)6)10-9-13-7-8-14(21)11-15(13)16/h7-8,11,16H,9-10,12H2,1-6H3,(H,22,24). The first kappa shape index (κ1) is 21.5. The van der Waals surface area contributed by atoms with Crippen molar-refractivity contribution in [2.75, 3.05) is 13.1 Å². The van der Waals surface area contributed by atoms with Crippen molar-refractivity contribution in [2.24, 2.45) is 0 Å². The van der Waals surface area contributed by atoms with Crippen molar-refractivity contribution in [2.45, 2.75) is 65.2 Å². The minimum absolute atomic E-state index is 0.317. The number of fused-ring (bicyclic) bond motifs is 1. The van der Waals surface area contributed by atoms with E-state index in [4.69, 9.17) is 9.47 Å². The summed E-state index contributed by atoms with van der Waals surface area (Å²) in [7, 11) is 0. The first-order valence-electron chi connectivity index (χ1n) is 9.10. The molecule has 0 bridgehead atoms. The van der Waals surface area contributed by atoms with E-state index in [9.17, 15) is 9.59 Å². The van der Waals surface area contributed by atoms with Crippen LogP contribution in [-0.4, -0.2) is 41.4 Å². The number of benzene rings is 1. The molecule has 1 aliphatic rings. The fourth-order valence-corrected chi connectivity index (χ4v) is 3.23. The lowest BCUT2D eigenvalue weighted by atomic mass is 10.00. The molecule has 7 heteroatoms. The number of hydrogen-bond acceptors (Lipinski definition) is 4. The van der Waals surface area contributed by atoms with E-state index in [1.54, 1.807) is 4.90 Å². The molecule has 0 saturated heterocycles. The van der Waals surface area contributed by atoms with Gasteiger partial charge in [0.05, 0.1) is 6.04 Å². The quantitative estimate of drug-likeness (QED) is 0.680. The van der Waals surface area contributed by atoms with Gasteiger partial charge in [0.1, 0.15) is 11.2 Å². The van der Waals surface area contributed by atoms with Crippen LogP contribution in [0.5, 0.6) is 0 Å². The van der Waals surface area contributed by atoms with Crippen LogP contribution in [0.25, 0.3) is 0 Å². The molecule has 2 rings (SSSR count).